The first-order chi connectivity index (χ1) is 13.6. The molecule has 0 spiro atoms. The van der Waals surface area contributed by atoms with Gasteiger partial charge < -0.3 is 14.5 Å². The molecule has 6 nitrogen and oxygen atoms in total. The Balaban J connectivity index is 1.52. The van der Waals surface area contributed by atoms with Crippen molar-refractivity contribution in [3.05, 3.63) is 81.6 Å². The number of benzene rings is 2. The Morgan fingerprint density at radius 1 is 1.14 bits per heavy atom. The summed E-state index contributed by atoms with van der Waals surface area (Å²) in [6.45, 7) is 0.0282. The first-order valence-electron chi connectivity index (χ1n) is 8.52. The highest BCUT2D eigenvalue weighted by Crippen LogP contribution is 2.27. The van der Waals surface area contributed by atoms with Crippen LogP contribution in [0.5, 0.6) is 5.75 Å². The summed E-state index contributed by atoms with van der Waals surface area (Å²) in [5.41, 5.74) is 2.06. The van der Waals surface area contributed by atoms with Crippen molar-refractivity contribution in [3.8, 4) is 16.3 Å². The number of carbonyl (C=O) groups is 1. The molecule has 0 radical (unpaired) electrons. The van der Waals surface area contributed by atoms with E-state index in [0.717, 1.165) is 16.3 Å². The van der Waals surface area contributed by atoms with Gasteiger partial charge in [0, 0.05) is 27.9 Å². The van der Waals surface area contributed by atoms with Crippen molar-refractivity contribution in [3.63, 3.8) is 0 Å². The van der Waals surface area contributed by atoms with E-state index in [1.807, 2.05) is 29.6 Å². The molecule has 2 aromatic carbocycles. The summed E-state index contributed by atoms with van der Waals surface area (Å²) in [6.07, 6.45) is 0. The zero-order valence-electron chi connectivity index (χ0n) is 15.0. The summed E-state index contributed by atoms with van der Waals surface area (Å²) in [5, 5.41) is 3.30. The summed E-state index contributed by atoms with van der Waals surface area (Å²) < 4.78 is 10.6. The first kappa shape index (κ1) is 17.9. The third kappa shape index (κ3) is 3.65. The molecule has 140 valence electrons. The SMILES string of the molecule is COc1cccc(-c2nc(COC(=O)c3cc(=O)[nH]c4ccccc34)cs2)c1. The topological polar surface area (TPSA) is 81.3 Å². The van der Waals surface area contributed by atoms with E-state index < -0.39 is 5.97 Å². The van der Waals surface area contributed by atoms with Gasteiger partial charge in [-0.25, -0.2) is 9.78 Å². The van der Waals surface area contributed by atoms with E-state index in [1.165, 1.54) is 17.4 Å². The minimum absolute atomic E-state index is 0.0282. The molecule has 28 heavy (non-hydrogen) atoms. The van der Waals surface area contributed by atoms with Gasteiger partial charge in [-0.05, 0) is 18.2 Å². The van der Waals surface area contributed by atoms with Crippen LogP contribution in [0.1, 0.15) is 16.1 Å². The summed E-state index contributed by atoms with van der Waals surface area (Å²) in [6, 6.07) is 16.0. The van der Waals surface area contributed by atoms with Crippen LogP contribution in [-0.2, 0) is 11.3 Å². The van der Waals surface area contributed by atoms with Gasteiger partial charge in [0.05, 0.1) is 18.4 Å². The van der Waals surface area contributed by atoms with Crippen LogP contribution in [0, 0.1) is 0 Å². The number of esters is 1. The lowest BCUT2D eigenvalue weighted by atomic mass is 10.1. The molecule has 2 aromatic heterocycles. The molecule has 0 atom stereocenters. The number of H-pyrrole nitrogens is 1. The molecule has 1 N–H and O–H groups in total. The van der Waals surface area contributed by atoms with Gasteiger partial charge in [-0.3, -0.25) is 4.79 Å². The van der Waals surface area contributed by atoms with E-state index >= 15 is 0 Å². The zero-order chi connectivity index (χ0) is 19.5. The lowest BCUT2D eigenvalue weighted by Crippen LogP contribution is -2.13. The fraction of sp³-hybridized carbons (Fsp3) is 0.0952. The summed E-state index contributed by atoms with van der Waals surface area (Å²) in [4.78, 5) is 31.6. The number of methoxy groups -OCH3 is 1. The van der Waals surface area contributed by atoms with E-state index in [1.54, 1.807) is 31.4 Å². The predicted molar refractivity (Wildman–Crippen MR) is 108 cm³/mol. The minimum Gasteiger partial charge on any atom is -0.497 e. The number of aromatic nitrogens is 2. The lowest BCUT2D eigenvalue weighted by Gasteiger charge is -2.06. The van der Waals surface area contributed by atoms with Crippen LogP contribution in [0.2, 0.25) is 0 Å². The van der Waals surface area contributed by atoms with Crippen molar-refractivity contribution in [2.24, 2.45) is 0 Å². The highest BCUT2D eigenvalue weighted by Gasteiger charge is 2.14. The average molecular weight is 392 g/mol. The number of fused-ring (bicyclic) bond motifs is 1. The van der Waals surface area contributed by atoms with Crippen molar-refractivity contribution in [2.75, 3.05) is 7.11 Å². The molecular weight excluding hydrogens is 376 g/mol. The summed E-state index contributed by atoms with van der Waals surface area (Å²) in [5.74, 6) is 0.195. The number of pyridine rings is 1. The van der Waals surface area contributed by atoms with Crippen molar-refractivity contribution in [2.45, 2.75) is 6.61 Å². The number of nitrogens with one attached hydrogen (secondary N) is 1. The standard InChI is InChI=1S/C21H16N2O4S/c1-26-15-6-4-5-13(9-15)20-22-14(12-28-20)11-27-21(25)17-10-19(24)23-18-8-3-2-7-16(17)18/h2-10,12H,11H2,1H3,(H,23,24). The number of aromatic amines is 1. The normalized spacial score (nSPS) is 10.8. The quantitative estimate of drug-likeness (QED) is 0.519. The maximum absolute atomic E-state index is 12.5. The molecular formula is C21H16N2O4S. The predicted octanol–water partition coefficient (Wildman–Crippen LogP) is 4.02. The second-order valence-electron chi connectivity index (χ2n) is 6.04. The van der Waals surface area contributed by atoms with Gasteiger partial charge in [0.25, 0.3) is 0 Å². The molecule has 0 amide bonds. The number of ether oxygens (including phenoxy) is 2. The number of para-hydroxylation sites is 1. The van der Waals surface area contributed by atoms with E-state index in [9.17, 15) is 9.59 Å². The Morgan fingerprint density at radius 2 is 2.00 bits per heavy atom. The lowest BCUT2D eigenvalue weighted by molar-refractivity contribution is 0.0470. The van der Waals surface area contributed by atoms with Crippen LogP contribution in [0.4, 0.5) is 0 Å². The van der Waals surface area contributed by atoms with Crippen molar-refractivity contribution < 1.29 is 14.3 Å². The van der Waals surface area contributed by atoms with E-state index in [-0.39, 0.29) is 17.7 Å². The molecule has 0 aliphatic rings. The van der Waals surface area contributed by atoms with Gasteiger partial charge in [0.1, 0.15) is 17.4 Å². The number of nitrogens with zero attached hydrogens (tertiary/aromatic N) is 1. The molecule has 0 saturated carbocycles. The van der Waals surface area contributed by atoms with Crippen molar-refractivity contribution in [1.82, 2.24) is 9.97 Å². The minimum atomic E-state index is -0.557. The van der Waals surface area contributed by atoms with E-state index in [4.69, 9.17) is 9.47 Å². The number of hydrogen-bond acceptors (Lipinski definition) is 6. The third-order valence-electron chi connectivity index (χ3n) is 4.19. The van der Waals surface area contributed by atoms with Gasteiger partial charge >= 0.3 is 5.97 Å². The molecule has 0 aliphatic heterocycles. The Hall–Kier alpha value is -3.45. The van der Waals surface area contributed by atoms with Crippen molar-refractivity contribution >= 4 is 28.2 Å². The highest BCUT2D eigenvalue weighted by molar-refractivity contribution is 7.13. The maximum atomic E-state index is 12.5. The Morgan fingerprint density at radius 3 is 2.86 bits per heavy atom. The smallest absolute Gasteiger partial charge is 0.339 e. The fourth-order valence-electron chi connectivity index (χ4n) is 2.85. The van der Waals surface area contributed by atoms with Crippen LogP contribution in [-0.4, -0.2) is 23.0 Å². The second-order valence-corrected chi connectivity index (χ2v) is 6.90. The van der Waals surface area contributed by atoms with Gasteiger partial charge in [-0.2, -0.15) is 0 Å². The Labute approximate surface area is 164 Å². The molecule has 0 fully saturated rings. The van der Waals surface area contributed by atoms with Gasteiger partial charge in [0.15, 0.2) is 0 Å². The molecule has 4 aromatic rings. The van der Waals surface area contributed by atoms with E-state index in [0.29, 0.717) is 16.6 Å². The Bertz CT molecular complexity index is 1210. The third-order valence-corrected chi connectivity index (χ3v) is 5.13. The average Bonchev–Trinajstić information content (AvgIpc) is 3.20. The zero-order valence-corrected chi connectivity index (χ0v) is 15.8. The molecule has 0 aliphatic carbocycles. The van der Waals surface area contributed by atoms with Crippen molar-refractivity contribution in [1.29, 1.82) is 0 Å². The van der Waals surface area contributed by atoms with Crippen LogP contribution in [0.15, 0.2) is 64.8 Å². The van der Waals surface area contributed by atoms with Crippen LogP contribution < -0.4 is 10.3 Å². The second kappa shape index (κ2) is 7.66. The highest BCUT2D eigenvalue weighted by atomic mass is 32.1. The summed E-state index contributed by atoms with van der Waals surface area (Å²) in [7, 11) is 1.62. The van der Waals surface area contributed by atoms with Crippen LogP contribution in [0.25, 0.3) is 21.5 Å². The molecule has 2 heterocycles. The molecule has 0 unspecified atom stereocenters. The number of hydrogen-bond donors (Lipinski definition) is 1. The van der Waals surface area contributed by atoms with Gasteiger partial charge in [-0.1, -0.05) is 30.3 Å². The molecule has 0 saturated heterocycles. The fourth-order valence-corrected chi connectivity index (χ4v) is 3.65. The monoisotopic (exact) mass is 392 g/mol. The molecule has 0 bridgehead atoms. The number of carbonyl (C=O) groups excluding carboxylic acids is 1. The van der Waals surface area contributed by atoms with Gasteiger partial charge in [-0.15, -0.1) is 11.3 Å². The maximum Gasteiger partial charge on any atom is 0.339 e. The van der Waals surface area contributed by atoms with Crippen LogP contribution >= 0.6 is 11.3 Å². The number of rotatable bonds is 5. The summed E-state index contributed by atoms with van der Waals surface area (Å²) >= 11 is 1.46. The van der Waals surface area contributed by atoms with Gasteiger partial charge in [0.2, 0.25) is 5.56 Å². The van der Waals surface area contributed by atoms with E-state index in [2.05, 4.69) is 9.97 Å². The Kier molecular flexibility index (Phi) is 4.90. The molecule has 4 rings (SSSR count). The van der Waals surface area contributed by atoms with Crippen LogP contribution in [0.3, 0.4) is 0 Å². The molecule has 7 heteroatoms. The first-order valence-corrected chi connectivity index (χ1v) is 9.40. The number of thiazole rings is 1. The largest absolute Gasteiger partial charge is 0.497 e.